The summed E-state index contributed by atoms with van der Waals surface area (Å²) in [5.74, 6) is -0.987. The van der Waals surface area contributed by atoms with Crippen LogP contribution in [0.4, 0.5) is 0 Å². The molecule has 4 fully saturated rings. The fourth-order valence-corrected chi connectivity index (χ4v) is 16.5. The SMILES string of the molecule is CNCC1CCC2CCc3ccc(Cc4c(O)c5c6c(c4OC4OC(C7CCCC7)C(O)C(O)(O)C4OCC4CC7(CCCCC7)NC(N)=N4)CC#CC(N)CCC(O)Cc4cccc(c4)C=Cc4c(OC(C)=O)cc(CO)c(c4C6=O)C5=O)c(C=O)c3C2(O)C1. The van der Waals surface area contributed by atoms with Gasteiger partial charge in [-0.05, 0) is 160 Å². The van der Waals surface area contributed by atoms with Crippen LogP contribution in [0.25, 0.3) is 12.2 Å². The number of benzene rings is 4. The molecule has 20 nitrogen and oxygen atoms in total. The van der Waals surface area contributed by atoms with Crippen LogP contribution < -0.4 is 31.6 Å². The molecule has 12 rings (SSSR count). The van der Waals surface area contributed by atoms with Crippen molar-refractivity contribution >= 4 is 41.9 Å². The lowest BCUT2D eigenvalue weighted by Gasteiger charge is -2.49. The van der Waals surface area contributed by atoms with Gasteiger partial charge in [-0.25, -0.2) is 4.99 Å². The number of carbonyl (C=O) groups excluding carboxylic acids is 4. The van der Waals surface area contributed by atoms with Gasteiger partial charge in [0.15, 0.2) is 29.9 Å². The minimum atomic E-state index is -3.10. The van der Waals surface area contributed by atoms with E-state index in [4.69, 9.17) is 30.4 Å². The Balaban J connectivity index is 1.09. The van der Waals surface area contributed by atoms with E-state index in [1.54, 1.807) is 24.3 Å². The molecule has 10 unspecified atom stereocenters. The van der Waals surface area contributed by atoms with Crippen LogP contribution in [0, 0.1) is 29.6 Å². The van der Waals surface area contributed by atoms with Gasteiger partial charge < -0.3 is 76.8 Å². The number of phenols is 1. The molecule has 484 valence electrons. The van der Waals surface area contributed by atoms with Gasteiger partial charge in [-0.3, -0.25) is 19.2 Å². The third-order valence-corrected chi connectivity index (χ3v) is 20.8. The van der Waals surface area contributed by atoms with Crippen molar-refractivity contribution in [3.63, 3.8) is 0 Å². The van der Waals surface area contributed by atoms with Crippen molar-refractivity contribution in [3.05, 3.63) is 120 Å². The van der Waals surface area contributed by atoms with Gasteiger partial charge in [-0.15, -0.1) is 0 Å². The van der Waals surface area contributed by atoms with Crippen LogP contribution in [0.3, 0.4) is 0 Å². The highest BCUT2D eigenvalue weighted by molar-refractivity contribution is 6.32. The summed E-state index contributed by atoms with van der Waals surface area (Å²) in [5.41, 5.74) is 12.6. The number of carbonyl (C=O) groups is 4. The van der Waals surface area contributed by atoms with Gasteiger partial charge in [-0.2, -0.15) is 0 Å². The Labute approximate surface area is 529 Å². The molecule has 0 amide bonds. The second-order valence-corrected chi connectivity index (χ2v) is 26.9. The van der Waals surface area contributed by atoms with Crippen molar-refractivity contribution in [2.24, 2.45) is 34.2 Å². The molecule has 10 atom stereocenters. The van der Waals surface area contributed by atoms with E-state index >= 15 is 9.59 Å². The summed E-state index contributed by atoms with van der Waals surface area (Å²) >= 11 is 0. The predicted molar refractivity (Wildman–Crippen MR) is 337 cm³/mol. The molecule has 4 aromatic carbocycles. The molecule has 6 aliphatic carbocycles. The number of ketones is 2. The highest BCUT2D eigenvalue weighted by Gasteiger charge is 2.59. The summed E-state index contributed by atoms with van der Waals surface area (Å²) in [7, 11) is 1.86. The number of aliphatic imine (C=N–C) groups is 1. The molecular weight excluding hydrogens is 1160 g/mol. The number of rotatable bonds is 13. The molecule has 20 heteroatoms. The number of fused-ring (bicyclic) bond motifs is 5. The number of nitrogens with zero attached hydrogens (tertiary/aromatic N) is 1. The number of aliphatic hydroxyl groups excluding tert-OH is 3. The van der Waals surface area contributed by atoms with Crippen molar-refractivity contribution in [3.8, 4) is 29.1 Å². The summed E-state index contributed by atoms with van der Waals surface area (Å²) < 4.78 is 26.5. The molecule has 8 aliphatic rings. The molecule has 3 saturated carbocycles. The third kappa shape index (κ3) is 12.4. The average Bonchev–Trinajstić information content (AvgIpc) is 0.914. The number of ether oxygens (including phenoxy) is 4. The standard InChI is InChI=1S/C71H85N5O15/c1-38(79)89-54-31-45(35-77)55-56-50(54)25-17-39-10-8-11-40(28-39)29-49(80)24-23-47(72)14-9-15-51-57(62(56)83)58(61(55)82)60(81)52(30-44-19-18-42-20-22-46-21-16-41(34-74-2)32-70(46,85)59(42)53(44)36-78)64(51)91-67-66(71(86,87)65(84)63(90-67)43-12-4-5-13-43)88-37-48-33-69(76-68(73)75-48)26-6-3-7-27-69/h8,10-11,17-19,25,28,31,36,41,43,46-49,63,65-67,74,77,80-81,84-87H,3-7,12-13,15-16,20-24,26-27,29-30,32-35,37,72H2,1-2H3,(H3,73,75,76). The Morgan fingerprint density at radius 1 is 0.912 bits per heavy atom. The maximum atomic E-state index is 16.4. The average molecular weight is 1250 g/mol. The Morgan fingerprint density at radius 3 is 2.44 bits per heavy atom. The first-order valence-corrected chi connectivity index (χ1v) is 32.6. The summed E-state index contributed by atoms with van der Waals surface area (Å²) in [6.07, 6.45) is 6.93. The topological polar surface area (TPSA) is 335 Å². The van der Waals surface area contributed by atoms with Crippen molar-refractivity contribution in [1.82, 2.24) is 10.6 Å². The summed E-state index contributed by atoms with van der Waals surface area (Å²) in [6, 6.07) is 10.7. The molecule has 1 saturated heterocycles. The molecule has 4 bridgehead atoms. The van der Waals surface area contributed by atoms with Crippen LogP contribution in [0.1, 0.15) is 202 Å². The Hall–Kier alpha value is -6.87. The Morgan fingerprint density at radius 2 is 1.69 bits per heavy atom. The van der Waals surface area contributed by atoms with Gasteiger partial charge in [-0.1, -0.05) is 86.4 Å². The van der Waals surface area contributed by atoms with E-state index in [1.807, 2.05) is 25.2 Å². The molecular formula is C71H85N5O15. The van der Waals surface area contributed by atoms with Crippen molar-refractivity contribution in [2.45, 2.75) is 202 Å². The van der Waals surface area contributed by atoms with E-state index < -0.39 is 114 Å². The number of hydrogen-bond acceptors (Lipinski definition) is 20. The monoisotopic (exact) mass is 1250 g/mol. The number of aromatic hydroxyl groups is 1. The van der Waals surface area contributed by atoms with E-state index in [0.29, 0.717) is 68.0 Å². The van der Waals surface area contributed by atoms with E-state index in [2.05, 4.69) is 27.5 Å². The Bertz CT molecular complexity index is 3630. The van der Waals surface area contributed by atoms with Crippen molar-refractivity contribution in [1.29, 1.82) is 0 Å². The van der Waals surface area contributed by atoms with Gasteiger partial charge in [0.25, 0.3) is 0 Å². The molecule has 0 radical (unpaired) electrons. The lowest BCUT2D eigenvalue weighted by Crippen LogP contribution is -2.69. The van der Waals surface area contributed by atoms with E-state index in [1.165, 1.54) is 19.1 Å². The number of phenolic OH excluding ortho intramolecular Hbond substituents is 1. The van der Waals surface area contributed by atoms with Crippen LogP contribution in [-0.2, 0) is 52.2 Å². The van der Waals surface area contributed by atoms with E-state index in [0.717, 1.165) is 68.9 Å². The van der Waals surface area contributed by atoms with Crippen molar-refractivity contribution < 1.29 is 73.9 Å². The van der Waals surface area contributed by atoms with Crippen molar-refractivity contribution in [2.75, 3.05) is 20.2 Å². The van der Waals surface area contributed by atoms with Gasteiger partial charge in [0.05, 0.1) is 48.7 Å². The molecule has 1 spiro atoms. The predicted octanol–water partition coefficient (Wildman–Crippen LogP) is 5.60. The zero-order chi connectivity index (χ0) is 64.1. The number of guanidine groups is 1. The smallest absolute Gasteiger partial charge is 0.308 e. The lowest BCUT2D eigenvalue weighted by molar-refractivity contribution is -0.386. The quantitative estimate of drug-likeness (QED) is 0.0225. The fourth-order valence-electron chi connectivity index (χ4n) is 16.5. The number of aliphatic hydroxyl groups is 6. The van der Waals surface area contributed by atoms with Crippen LogP contribution in [0.15, 0.2) is 47.5 Å². The van der Waals surface area contributed by atoms with E-state index in [9.17, 15) is 45.3 Å². The van der Waals surface area contributed by atoms with Crippen LogP contribution in [0.2, 0.25) is 0 Å². The second kappa shape index (κ2) is 26.3. The third-order valence-electron chi connectivity index (χ3n) is 20.8. The number of aryl methyl sites for hydroxylation is 1. The molecule has 4 aromatic rings. The summed E-state index contributed by atoms with van der Waals surface area (Å²) in [6.45, 7) is 0.730. The fraction of sp³-hybridized carbons (Fsp3) is 0.535. The zero-order valence-electron chi connectivity index (χ0n) is 51.8. The minimum Gasteiger partial charge on any atom is -0.507 e. The van der Waals surface area contributed by atoms with Gasteiger partial charge >= 0.3 is 5.97 Å². The number of nitrogens with two attached hydrogens (primary N) is 2. The number of aldehydes is 1. The summed E-state index contributed by atoms with van der Waals surface area (Å²) in [4.78, 5) is 64.1. The van der Waals surface area contributed by atoms with E-state index in [-0.39, 0.29) is 99.6 Å². The normalized spacial score (nSPS) is 28.5. The number of nitrogens with one attached hydrogen (secondary N) is 2. The minimum absolute atomic E-state index is 0.0253. The van der Waals surface area contributed by atoms with Crippen LogP contribution >= 0.6 is 0 Å². The number of esters is 1. The zero-order valence-corrected chi connectivity index (χ0v) is 51.8. The molecule has 2 heterocycles. The first-order valence-electron chi connectivity index (χ1n) is 32.6. The maximum absolute atomic E-state index is 16.4. The second-order valence-electron chi connectivity index (χ2n) is 26.9. The van der Waals surface area contributed by atoms with Crippen LogP contribution in [0.5, 0.6) is 17.2 Å². The number of hydrogen-bond donors (Lipinski definition) is 11. The maximum Gasteiger partial charge on any atom is 0.308 e. The van der Waals surface area contributed by atoms with Crippen LogP contribution in [-0.4, -0.2) is 140 Å². The highest BCUT2D eigenvalue weighted by atomic mass is 16.7. The first-order chi connectivity index (χ1) is 43.7. The largest absolute Gasteiger partial charge is 0.507 e. The first kappa shape index (κ1) is 64.2. The van der Waals surface area contributed by atoms with Gasteiger partial charge in [0, 0.05) is 64.2 Å². The lowest BCUT2D eigenvalue weighted by atomic mass is 9.61. The molecule has 0 aromatic heterocycles. The molecule has 13 N–H and O–H groups in total. The Kier molecular flexibility index (Phi) is 18.5. The van der Waals surface area contributed by atoms with Gasteiger partial charge in [0.1, 0.15) is 23.4 Å². The molecule has 91 heavy (non-hydrogen) atoms. The highest BCUT2D eigenvalue weighted by Crippen LogP contribution is 2.54. The summed E-state index contributed by atoms with van der Waals surface area (Å²) in [5, 5.41) is 93.0. The van der Waals surface area contributed by atoms with Gasteiger partial charge in [0.2, 0.25) is 12.1 Å². The molecule has 2 aliphatic heterocycles.